The maximum Gasteiger partial charge on any atom is 0.137 e. The van der Waals surface area contributed by atoms with E-state index >= 15 is 0 Å². The summed E-state index contributed by atoms with van der Waals surface area (Å²) in [7, 11) is 0. The molecule has 0 spiro atoms. The molecule has 0 fully saturated rings. The van der Waals surface area contributed by atoms with Gasteiger partial charge >= 0.3 is 0 Å². The number of rotatable bonds is 6. The molecule has 24 heavy (non-hydrogen) atoms. The smallest absolute Gasteiger partial charge is 0.137 e. The molecule has 0 heterocycles. The molecule has 0 N–H and O–H groups in total. The van der Waals surface area contributed by atoms with E-state index in [1.165, 1.54) is 23.4 Å². The molecule has 0 saturated carbocycles. The zero-order valence-electron chi connectivity index (χ0n) is 14.2. The molecule has 2 aromatic carbocycles. The van der Waals surface area contributed by atoms with E-state index in [9.17, 15) is 4.39 Å². The van der Waals surface area contributed by atoms with E-state index in [1.807, 2.05) is 29.7 Å². The summed E-state index contributed by atoms with van der Waals surface area (Å²) >= 11 is 3.10. The fourth-order valence-corrected chi connectivity index (χ4v) is 3.43. The largest absolute Gasteiger partial charge is 0.242 e. The van der Waals surface area contributed by atoms with E-state index in [0.29, 0.717) is 10.8 Å². The number of aliphatic imine (C=N–C) groups is 1. The van der Waals surface area contributed by atoms with Crippen LogP contribution in [0.25, 0.3) is 0 Å². The first-order chi connectivity index (χ1) is 11.5. The van der Waals surface area contributed by atoms with Crippen LogP contribution in [0.4, 0.5) is 10.1 Å². The number of nitrogens with zero attached hydrogens (tertiary/aromatic N) is 1. The lowest BCUT2D eigenvalue weighted by molar-refractivity contribution is 0.602. The molecule has 0 aliphatic carbocycles. The van der Waals surface area contributed by atoms with Crippen molar-refractivity contribution in [3.8, 4) is 0 Å². The molecule has 4 heteroatoms. The molecule has 126 valence electrons. The first-order valence-corrected chi connectivity index (χ1v) is 9.77. The predicted molar refractivity (Wildman–Crippen MR) is 107 cm³/mol. The minimum absolute atomic E-state index is 0.195. The van der Waals surface area contributed by atoms with Crippen molar-refractivity contribution in [3.63, 3.8) is 0 Å². The van der Waals surface area contributed by atoms with Gasteiger partial charge in [0.15, 0.2) is 0 Å². The first kappa shape index (κ1) is 18.8. The molecule has 0 radical (unpaired) electrons. The topological polar surface area (TPSA) is 12.4 Å². The van der Waals surface area contributed by atoms with E-state index in [2.05, 4.69) is 32.9 Å². The van der Waals surface area contributed by atoms with Crippen molar-refractivity contribution < 1.29 is 4.39 Å². The Hall–Kier alpha value is -1.52. The van der Waals surface area contributed by atoms with Crippen LogP contribution in [0.2, 0.25) is 0 Å². The van der Waals surface area contributed by atoms with Crippen molar-refractivity contribution in [2.24, 2.45) is 10.9 Å². The summed E-state index contributed by atoms with van der Waals surface area (Å²) in [4.78, 5) is 5.33. The number of halogens is 1. The SMILES string of the molecule is Cc1ccc(N=C(C=CSc2ccccc2F)SCC(C)C)cc1. The summed E-state index contributed by atoms with van der Waals surface area (Å²) in [5.41, 5.74) is 2.16. The normalized spacial score (nSPS) is 12.3. The second-order valence-corrected chi connectivity index (χ2v) is 7.83. The maximum absolute atomic E-state index is 13.7. The van der Waals surface area contributed by atoms with Gasteiger partial charge < -0.3 is 0 Å². The third-order valence-electron chi connectivity index (χ3n) is 3.08. The summed E-state index contributed by atoms with van der Waals surface area (Å²) in [6, 6.07) is 14.9. The molecule has 0 atom stereocenters. The van der Waals surface area contributed by atoms with E-state index < -0.39 is 0 Å². The highest BCUT2D eigenvalue weighted by Gasteiger charge is 2.02. The lowest BCUT2D eigenvalue weighted by atomic mass is 10.2. The van der Waals surface area contributed by atoms with Crippen LogP contribution in [-0.2, 0) is 0 Å². The number of thioether (sulfide) groups is 2. The fraction of sp³-hybridized carbons (Fsp3) is 0.250. The van der Waals surface area contributed by atoms with Gasteiger partial charge in [0.1, 0.15) is 5.82 Å². The van der Waals surface area contributed by atoms with Gasteiger partial charge in [-0.3, -0.25) is 0 Å². The summed E-state index contributed by atoms with van der Waals surface area (Å²) < 4.78 is 13.7. The molecule has 0 amide bonds. The van der Waals surface area contributed by atoms with Crippen molar-refractivity contribution in [3.05, 3.63) is 71.4 Å². The third kappa shape index (κ3) is 6.54. The first-order valence-electron chi connectivity index (χ1n) is 7.90. The number of aryl methyl sites for hydroxylation is 1. The van der Waals surface area contributed by atoms with E-state index in [1.54, 1.807) is 23.9 Å². The zero-order chi connectivity index (χ0) is 17.4. The molecule has 0 aliphatic rings. The van der Waals surface area contributed by atoms with Gasteiger partial charge in [0.05, 0.1) is 10.7 Å². The second-order valence-electron chi connectivity index (χ2n) is 5.84. The van der Waals surface area contributed by atoms with E-state index in [4.69, 9.17) is 4.99 Å². The quantitative estimate of drug-likeness (QED) is 0.317. The van der Waals surface area contributed by atoms with Gasteiger partial charge in [-0.05, 0) is 48.6 Å². The van der Waals surface area contributed by atoms with Crippen molar-refractivity contribution >= 4 is 34.3 Å². The molecule has 0 saturated heterocycles. The molecular weight excluding hydrogens is 337 g/mol. The molecule has 2 rings (SSSR count). The number of benzene rings is 2. The third-order valence-corrected chi connectivity index (χ3v) is 5.29. The Kier molecular flexibility index (Phi) is 7.60. The average Bonchev–Trinajstić information content (AvgIpc) is 2.56. The summed E-state index contributed by atoms with van der Waals surface area (Å²) in [6.07, 6.45) is 1.96. The molecule has 0 aromatic heterocycles. The average molecular weight is 360 g/mol. The Balaban J connectivity index is 2.11. The van der Waals surface area contributed by atoms with Gasteiger partial charge in [-0.25, -0.2) is 9.38 Å². The van der Waals surface area contributed by atoms with Crippen molar-refractivity contribution in [2.45, 2.75) is 25.7 Å². The molecule has 2 aromatic rings. The predicted octanol–water partition coefficient (Wildman–Crippen LogP) is 6.86. The Labute approximate surface area is 152 Å². The van der Waals surface area contributed by atoms with Gasteiger partial charge in [0.2, 0.25) is 0 Å². The maximum atomic E-state index is 13.7. The minimum Gasteiger partial charge on any atom is -0.242 e. The monoisotopic (exact) mass is 359 g/mol. The molecule has 1 nitrogen and oxygen atoms in total. The second kappa shape index (κ2) is 9.70. The van der Waals surface area contributed by atoms with Crippen molar-refractivity contribution in [1.82, 2.24) is 0 Å². The Morgan fingerprint density at radius 2 is 1.83 bits per heavy atom. The lowest BCUT2D eigenvalue weighted by Crippen LogP contribution is -1.95. The number of hydrogen-bond acceptors (Lipinski definition) is 3. The molecular formula is C20H22FNS2. The Morgan fingerprint density at radius 1 is 1.12 bits per heavy atom. The molecule has 0 unspecified atom stereocenters. The highest BCUT2D eigenvalue weighted by molar-refractivity contribution is 8.14. The van der Waals surface area contributed by atoms with Crippen LogP contribution in [0.3, 0.4) is 0 Å². The van der Waals surface area contributed by atoms with Gasteiger partial charge in [-0.15, -0.1) is 11.8 Å². The standard InChI is InChI=1S/C20H22FNS2/c1-15(2)14-24-20(22-17-10-8-16(3)9-11-17)12-13-23-19-7-5-4-6-18(19)21/h4-13,15H,14H2,1-3H3. The number of hydrogen-bond donors (Lipinski definition) is 0. The van der Waals surface area contributed by atoms with Crippen molar-refractivity contribution in [1.29, 1.82) is 0 Å². The summed E-state index contributed by atoms with van der Waals surface area (Å²) in [6.45, 7) is 6.44. The lowest BCUT2D eigenvalue weighted by Gasteiger charge is -2.05. The van der Waals surface area contributed by atoms with Crippen LogP contribution >= 0.6 is 23.5 Å². The van der Waals surface area contributed by atoms with Crippen LogP contribution in [0.15, 0.2) is 69.9 Å². The van der Waals surface area contributed by atoms with Gasteiger partial charge in [-0.2, -0.15) is 0 Å². The Bertz CT molecular complexity index is 706. The minimum atomic E-state index is -0.195. The van der Waals surface area contributed by atoms with Crippen LogP contribution in [0.1, 0.15) is 19.4 Å². The van der Waals surface area contributed by atoms with Crippen LogP contribution in [0.5, 0.6) is 0 Å². The van der Waals surface area contributed by atoms with Gasteiger partial charge in [0, 0.05) is 10.6 Å². The molecule has 0 bridgehead atoms. The summed E-state index contributed by atoms with van der Waals surface area (Å²) in [5.74, 6) is 1.39. The van der Waals surface area contributed by atoms with Gasteiger partial charge in [-0.1, -0.05) is 55.4 Å². The Morgan fingerprint density at radius 3 is 2.50 bits per heavy atom. The zero-order valence-corrected chi connectivity index (χ0v) is 15.8. The molecule has 0 aliphatic heterocycles. The van der Waals surface area contributed by atoms with E-state index in [-0.39, 0.29) is 5.82 Å². The fourth-order valence-electron chi connectivity index (χ4n) is 1.82. The van der Waals surface area contributed by atoms with Crippen LogP contribution < -0.4 is 0 Å². The van der Waals surface area contributed by atoms with E-state index in [0.717, 1.165) is 16.5 Å². The van der Waals surface area contributed by atoms with Crippen LogP contribution in [-0.4, -0.2) is 10.8 Å². The highest BCUT2D eigenvalue weighted by atomic mass is 32.2. The van der Waals surface area contributed by atoms with Gasteiger partial charge in [0.25, 0.3) is 0 Å². The summed E-state index contributed by atoms with van der Waals surface area (Å²) in [5, 5.41) is 2.84. The van der Waals surface area contributed by atoms with Crippen LogP contribution in [0, 0.1) is 18.7 Å². The highest BCUT2D eigenvalue weighted by Crippen LogP contribution is 2.24. The van der Waals surface area contributed by atoms with Crippen molar-refractivity contribution in [2.75, 3.05) is 5.75 Å².